The van der Waals surface area contributed by atoms with Crippen molar-refractivity contribution in [2.75, 3.05) is 4.72 Å². The van der Waals surface area contributed by atoms with E-state index < -0.39 is 10.0 Å². The number of benzene rings is 1. The second-order valence-electron chi connectivity index (χ2n) is 3.86. The highest BCUT2D eigenvalue weighted by atomic mass is 32.2. The zero-order valence-corrected chi connectivity index (χ0v) is 11.1. The van der Waals surface area contributed by atoms with Crippen LogP contribution in [0.25, 0.3) is 0 Å². The van der Waals surface area contributed by atoms with Crippen LogP contribution in [-0.4, -0.2) is 23.6 Å². The van der Waals surface area contributed by atoms with E-state index in [1.165, 1.54) is 18.5 Å². The maximum atomic E-state index is 12.1. The highest BCUT2D eigenvalue weighted by Gasteiger charge is 2.16. The fourth-order valence-corrected chi connectivity index (χ4v) is 2.57. The second kappa shape index (κ2) is 5.29. The Bertz CT molecular complexity index is 673. The fourth-order valence-electron chi connectivity index (χ4n) is 1.54. The summed E-state index contributed by atoms with van der Waals surface area (Å²) in [4.78, 5) is 3.90. The molecule has 0 aliphatic heterocycles. The molecule has 19 heavy (non-hydrogen) atoms. The van der Waals surface area contributed by atoms with E-state index in [-0.39, 0.29) is 10.8 Å². The van der Waals surface area contributed by atoms with Gasteiger partial charge in [0.2, 0.25) is 0 Å². The summed E-state index contributed by atoms with van der Waals surface area (Å²) in [7, 11) is -3.72. The molecule has 0 fully saturated rings. The smallest absolute Gasteiger partial charge is 0.264 e. The maximum Gasteiger partial charge on any atom is 0.264 e. The maximum absolute atomic E-state index is 12.1. The average Bonchev–Trinajstić information content (AvgIpc) is 2.39. The van der Waals surface area contributed by atoms with Gasteiger partial charge in [0, 0.05) is 6.54 Å². The molecule has 0 saturated carbocycles. The second-order valence-corrected chi connectivity index (χ2v) is 5.55. The van der Waals surface area contributed by atoms with Gasteiger partial charge in [-0.1, -0.05) is 6.07 Å². The van der Waals surface area contributed by atoms with Crippen molar-refractivity contribution in [2.45, 2.75) is 18.4 Å². The topological polar surface area (TPSA) is 111 Å². The van der Waals surface area contributed by atoms with E-state index in [4.69, 9.17) is 5.73 Å². The van der Waals surface area contributed by atoms with E-state index in [0.29, 0.717) is 6.54 Å². The minimum atomic E-state index is -3.72. The van der Waals surface area contributed by atoms with Gasteiger partial charge in [-0.3, -0.25) is 0 Å². The molecular weight excluding hydrogens is 266 g/mol. The highest BCUT2D eigenvalue weighted by Crippen LogP contribution is 2.17. The van der Waals surface area contributed by atoms with Crippen LogP contribution in [0.1, 0.15) is 11.1 Å². The number of rotatable bonds is 4. The number of anilines is 1. The Morgan fingerprint density at radius 2 is 2.11 bits per heavy atom. The molecule has 1 heterocycles. The number of aryl methyl sites for hydroxylation is 1. The van der Waals surface area contributed by atoms with Crippen LogP contribution in [0, 0.1) is 6.92 Å². The highest BCUT2D eigenvalue weighted by molar-refractivity contribution is 7.92. The number of nitrogens with one attached hydrogen (secondary N) is 1. The largest absolute Gasteiger partial charge is 0.326 e. The van der Waals surface area contributed by atoms with Gasteiger partial charge in [-0.05, 0) is 30.2 Å². The van der Waals surface area contributed by atoms with Crippen molar-refractivity contribution in [1.29, 1.82) is 0 Å². The quantitative estimate of drug-likeness (QED) is 0.840. The lowest BCUT2D eigenvalue weighted by molar-refractivity contribution is 0.600. The van der Waals surface area contributed by atoms with Crippen molar-refractivity contribution in [2.24, 2.45) is 5.73 Å². The molecule has 0 spiro atoms. The number of sulfonamides is 1. The van der Waals surface area contributed by atoms with E-state index in [0.717, 1.165) is 11.1 Å². The summed E-state index contributed by atoms with van der Waals surface area (Å²) >= 11 is 0. The van der Waals surface area contributed by atoms with Crippen molar-refractivity contribution in [3.8, 4) is 0 Å². The molecule has 0 aliphatic carbocycles. The molecule has 100 valence electrons. The normalized spacial score (nSPS) is 11.3. The molecular formula is C11H13N5O2S. The predicted octanol–water partition coefficient (Wildman–Crippen LogP) is 0.440. The number of hydrogen-bond acceptors (Lipinski definition) is 6. The SMILES string of the molecule is Cc1cc(S(=O)(=O)Nc2nccnn2)ccc1CN. The van der Waals surface area contributed by atoms with Gasteiger partial charge < -0.3 is 5.73 Å². The van der Waals surface area contributed by atoms with Crippen molar-refractivity contribution >= 4 is 16.0 Å². The van der Waals surface area contributed by atoms with E-state index in [2.05, 4.69) is 19.9 Å². The third kappa shape index (κ3) is 3.04. The van der Waals surface area contributed by atoms with E-state index in [1.54, 1.807) is 12.1 Å². The van der Waals surface area contributed by atoms with Gasteiger partial charge in [-0.25, -0.2) is 18.1 Å². The number of nitrogens with two attached hydrogens (primary N) is 1. The van der Waals surface area contributed by atoms with Gasteiger partial charge in [-0.15, -0.1) is 5.10 Å². The molecule has 7 nitrogen and oxygen atoms in total. The lowest BCUT2D eigenvalue weighted by Gasteiger charge is -2.08. The Morgan fingerprint density at radius 3 is 2.68 bits per heavy atom. The molecule has 1 aromatic carbocycles. The van der Waals surface area contributed by atoms with E-state index in [9.17, 15) is 8.42 Å². The van der Waals surface area contributed by atoms with Gasteiger partial charge in [0.05, 0.1) is 17.3 Å². The van der Waals surface area contributed by atoms with Crippen LogP contribution in [0.5, 0.6) is 0 Å². The predicted molar refractivity (Wildman–Crippen MR) is 69.7 cm³/mol. The molecule has 3 N–H and O–H groups in total. The van der Waals surface area contributed by atoms with Crippen molar-refractivity contribution in [3.63, 3.8) is 0 Å². The third-order valence-corrected chi connectivity index (χ3v) is 3.88. The average molecular weight is 279 g/mol. The Hall–Kier alpha value is -2.06. The Kier molecular flexibility index (Phi) is 3.72. The number of aromatic nitrogens is 3. The zero-order valence-electron chi connectivity index (χ0n) is 10.2. The van der Waals surface area contributed by atoms with Crippen LogP contribution in [0.2, 0.25) is 0 Å². The van der Waals surface area contributed by atoms with Gasteiger partial charge in [0.1, 0.15) is 0 Å². The molecule has 0 bridgehead atoms. The zero-order chi connectivity index (χ0) is 13.9. The van der Waals surface area contributed by atoms with Gasteiger partial charge in [0.15, 0.2) is 0 Å². The van der Waals surface area contributed by atoms with Gasteiger partial charge in [-0.2, -0.15) is 5.10 Å². The molecule has 0 saturated heterocycles. The van der Waals surface area contributed by atoms with Crippen molar-refractivity contribution in [3.05, 3.63) is 41.7 Å². The first-order valence-electron chi connectivity index (χ1n) is 5.49. The van der Waals surface area contributed by atoms with Crippen molar-refractivity contribution < 1.29 is 8.42 Å². The number of hydrogen-bond donors (Lipinski definition) is 2. The first kappa shape index (κ1) is 13.4. The Morgan fingerprint density at radius 1 is 1.32 bits per heavy atom. The fraction of sp³-hybridized carbons (Fsp3) is 0.182. The van der Waals surface area contributed by atoms with Crippen LogP contribution >= 0.6 is 0 Å². The Balaban J connectivity index is 2.32. The molecule has 0 unspecified atom stereocenters. The molecule has 2 rings (SSSR count). The molecule has 0 amide bonds. The summed E-state index contributed by atoms with van der Waals surface area (Å²) in [6, 6.07) is 4.74. The summed E-state index contributed by atoms with van der Waals surface area (Å²) in [5.41, 5.74) is 7.26. The number of nitrogens with zero attached hydrogens (tertiary/aromatic N) is 3. The first-order chi connectivity index (χ1) is 9.03. The monoisotopic (exact) mass is 279 g/mol. The summed E-state index contributed by atoms with van der Waals surface area (Å²) < 4.78 is 26.5. The molecule has 0 radical (unpaired) electrons. The van der Waals surface area contributed by atoms with Gasteiger partial charge >= 0.3 is 0 Å². The lowest BCUT2D eigenvalue weighted by atomic mass is 10.1. The first-order valence-corrected chi connectivity index (χ1v) is 6.97. The molecule has 0 aliphatic rings. The Labute approximate surface area is 110 Å². The molecule has 1 aromatic heterocycles. The van der Waals surface area contributed by atoms with Gasteiger partial charge in [0.25, 0.3) is 16.0 Å². The van der Waals surface area contributed by atoms with Crippen molar-refractivity contribution in [1.82, 2.24) is 15.2 Å². The summed E-state index contributed by atoms with van der Waals surface area (Å²) in [5.74, 6) is -0.0666. The van der Waals surface area contributed by atoms with Crippen LogP contribution < -0.4 is 10.5 Å². The lowest BCUT2D eigenvalue weighted by Crippen LogP contribution is -2.15. The standard InChI is InChI=1S/C11H13N5O2S/c1-8-6-10(3-2-9(8)7-12)19(17,18)16-11-13-4-5-14-15-11/h2-6H,7,12H2,1H3,(H,13,15,16). The molecule has 8 heteroatoms. The summed E-state index contributed by atoms with van der Waals surface area (Å²) in [5, 5.41) is 7.13. The van der Waals surface area contributed by atoms with E-state index >= 15 is 0 Å². The third-order valence-electron chi connectivity index (χ3n) is 2.55. The minimum absolute atomic E-state index is 0.0666. The van der Waals surface area contributed by atoms with Crippen LogP contribution in [0.15, 0.2) is 35.5 Å². The summed E-state index contributed by atoms with van der Waals surface area (Å²) in [6.07, 6.45) is 2.71. The minimum Gasteiger partial charge on any atom is -0.326 e. The van der Waals surface area contributed by atoms with Crippen LogP contribution in [-0.2, 0) is 16.6 Å². The van der Waals surface area contributed by atoms with Crippen LogP contribution in [0.3, 0.4) is 0 Å². The summed E-state index contributed by atoms with van der Waals surface area (Å²) in [6.45, 7) is 2.17. The molecule has 0 atom stereocenters. The van der Waals surface area contributed by atoms with E-state index in [1.807, 2.05) is 6.92 Å². The van der Waals surface area contributed by atoms with Crippen LogP contribution in [0.4, 0.5) is 5.95 Å². The molecule has 2 aromatic rings.